The average molecular weight is 874 g/mol. The number of para-hydroxylation sites is 3. The summed E-state index contributed by atoms with van der Waals surface area (Å²) in [4.78, 5) is 16.1. The van der Waals surface area contributed by atoms with Crippen LogP contribution < -0.4 is 4.98 Å². The molecule has 0 aliphatic carbocycles. The number of nitrogens with zero attached hydrogens (tertiary/aromatic N) is 4. The van der Waals surface area contributed by atoms with E-state index >= 15 is 0 Å². The second kappa shape index (κ2) is 13.3. The number of fused-ring (bicyclic) bond motifs is 3. The SMILES string of the molecule is CC(C)(C)c1cc(-c2ccc3cc(C(C)(C)C)cc(-c4[n-]c(C(C)(C)C)c5ccccc45)c3n2)[c-]c(-c2nc3ccccc3n2-c2ccccc2)c1.[Pt+2]. The van der Waals surface area contributed by atoms with Gasteiger partial charge in [0.05, 0.1) is 22.4 Å². The molecule has 0 atom stereocenters. The Hall–Kier alpha value is -4.79. The number of imidazole rings is 1. The van der Waals surface area contributed by atoms with Gasteiger partial charge in [0, 0.05) is 11.4 Å². The zero-order valence-electron chi connectivity index (χ0n) is 32.1. The minimum absolute atomic E-state index is 0. The normalized spacial score (nSPS) is 12.5. The number of benzene rings is 5. The first-order valence-corrected chi connectivity index (χ1v) is 18.3. The molecule has 0 spiro atoms. The molecule has 8 aromatic rings. The first-order chi connectivity index (χ1) is 24.7. The number of rotatable bonds is 4. The van der Waals surface area contributed by atoms with Crippen LogP contribution in [0.3, 0.4) is 0 Å². The molecule has 5 heteroatoms. The van der Waals surface area contributed by atoms with Crippen molar-refractivity contribution in [3.05, 3.63) is 138 Å². The Labute approximate surface area is 328 Å². The summed E-state index contributed by atoms with van der Waals surface area (Å²) in [6.45, 7) is 20.3. The molecule has 5 aromatic carbocycles. The van der Waals surface area contributed by atoms with Crippen LogP contribution >= 0.6 is 0 Å². The van der Waals surface area contributed by atoms with Crippen molar-refractivity contribution < 1.29 is 21.1 Å². The third-order valence-corrected chi connectivity index (χ3v) is 10.1. The third-order valence-electron chi connectivity index (χ3n) is 10.1. The molecule has 0 aliphatic heterocycles. The predicted molar refractivity (Wildman–Crippen MR) is 218 cm³/mol. The van der Waals surface area contributed by atoms with Crippen molar-refractivity contribution in [2.75, 3.05) is 0 Å². The quantitative estimate of drug-likeness (QED) is 0.166. The molecule has 3 aromatic heterocycles. The van der Waals surface area contributed by atoms with Crippen LogP contribution in [-0.2, 0) is 37.3 Å². The number of aromatic nitrogens is 4. The fraction of sp³-hybridized carbons (Fsp3) is 0.250. The van der Waals surface area contributed by atoms with E-state index in [9.17, 15) is 0 Å². The molecule has 0 fully saturated rings. The summed E-state index contributed by atoms with van der Waals surface area (Å²) in [5.74, 6) is 0.859. The zero-order chi connectivity index (χ0) is 36.6. The summed E-state index contributed by atoms with van der Waals surface area (Å²) in [5.41, 5.74) is 12.1. The van der Waals surface area contributed by atoms with E-state index in [4.69, 9.17) is 15.0 Å². The maximum Gasteiger partial charge on any atom is 2.00 e. The Balaban J connectivity index is 0.00000435. The van der Waals surface area contributed by atoms with Crippen molar-refractivity contribution in [1.29, 1.82) is 0 Å². The third kappa shape index (κ3) is 6.68. The summed E-state index contributed by atoms with van der Waals surface area (Å²) >= 11 is 0. The second-order valence-electron chi connectivity index (χ2n) is 17.2. The van der Waals surface area contributed by atoms with Gasteiger partial charge in [-0.2, -0.15) is 0 Å². The molecule has 4 nitrogen and oxygen atoms in total. The average Bonchev–Trinajstić information content (AvgIpc) is 3.70. The first kappa shape index (κ1) is 36.6. The van der Waals surface area contributed by atoms with Gasteiger partial charge in [0.15, 0.2) is 0 Å². The van der Waals surface area contributed by atoms with Crippen LogP contribution in [0, 0.1) is 6.07 Å². The molecular weight excluding hydrogens is 828 g/mol. The predicted octanol–water partition coefficient (Wildman–Crippen LogP) is 12.4. The van der Waals surface area contributed by atoms with Crippen LogP contribution in [0.25, 0.3) is 72.3 Å². The Morgan fingerprint density at radius 2 is 1.21 bits per heavy atom. The summed E-state index contributed by atoms with van der Waals surface area (Å²) in [6, 6.07) is 44.8. The topological polar surface area (TPSA) is 44.8 Å². The number of hydrogen-bond donors (Lipinski definition) is 0. The van der Waals surface area contributed by atoms with Gasteiger partial charge in [0.1, 0.15) is 0 Å². The summed E-state index contributed by atoms with van der Waals surface area (Å²) < 4.78 is 2.25. The van der Waals surface area contributed by atoms with Crippen LogP contribution in [0.1, 0.15) is 79.1 Å². The second-order valence-corrected chi connectivity index (χ2v) is 17.2. The van der Waals surface area contributed by atoms with Crippen LogP contribution in [0.15, 0.2) is 115 Å². The van der Waals surface area contributed by atoms with Crippen LogP contribution in [-0.4, -0.2) is 14.5 Å². The summed E-state index contributed by atoms with van der Waals surface area (Å²) in [5, 5.41) is 3.47. The van der Waals surface area contributed by atoms with E-state index in [1.165, 1.54) is 16.5 Å². The number of hydrogen-bond acceptors (Lipinski definition) is 2. The van der Waals surface area contributed by atoms with E-state index in [1.807, 2.05) is 6.07 Å². The van der Waals surface area contributed by atoms with Gasteiger partial charge in [-0.1, -0.05) is 146 Å². The van der Waals surface area contributed by atoms with Crippen LogP contribution in [0.2, 0.25) is 0 Å². The fourth-order valence-electron chi connectivity index (χ4n) is 7.21. The van der Waals surface area contributed by atoms with Crippen molar-refractivity contribution in [3.8, 4) is 39.6 Å². The molecule has 0 aliphatic rings. The first-order valence-electron chi connectivity index (χ1n) is 18.3. The standard InChI is InChI=1S/C48H46N4.Pt/c1-46(2,3)33-27-31(25-32(28-33)45-50-40-21-15-16-22-41(40)52(45)35-17-11-10-12-18-35)39-24-23-30-26-34(47(4,5)6)29-38(42(30)49-39)43-36-19-13-14-20-37(36)44(51-43)48(7,8)9;/h10-24,26-29H,1-9H3;/q-2;+2. The van der Waals surface area contributed by atoms with Gasteiger partial charge in [0.2, 0.25) is 0 Å². The molecule has 0 bridgehead atoms. The Morgan fingerprint density at radius 1 is 0.585 bits per heavy atom. The molecule has 3 heterocycles. The van der Waals surface area contributed by atoms with Crippen molar-refractivity contribution in [2.24, 2.45) is 0 Å². The van der Waals surface area contributed by atoms with E-state index in [1.54, 1.807) is 0 Å². The van der Waals surface area contributed by atoms with E-state index in [2.05, 4.69) is 182 Å². The molecule has 0 amide bonds. The Bertz CT molecular complexity index is 2620. The molecule has 268 valence electrons. The molecular formula is C48H46N4Pt. The van der Waals surface area contributed by atoms with E-state index in [-0.39, 0.29) is 37.3 Å². The maximum absolute atomic E-state index is 5.51. The molecule has 8 rings (SSSR count). The molecule has 0 saturated carbocycles. The smallest absolute Gasteiger partial charge is 0.659 e. The molecule has 0 saturated heterocycles. The summed E-state index contributed by atoms with van der Waals surface area (Å²) in [6.07, 6.45) is 0. The van der Waals surface area contributed by atoms with Gasteiger partial charge in [-0.25, -0.2) is 0 Å². The minimum Gasteiger partial charge on any atom is -0.659 e. The van der Waals surface area contributed by atoms with Gasteiger partial charge < -0.3 is 9.55 Å². The molecule has 0 radical (unpaired) electrons. The van der Waals surface area contributed by atoms with Crippen molar-refractivity contribution in [2.45, 2.75) is 78.6 Å². The van der Waals surface area contributed by atoms with Gasteiger partial charge in [-0.3, -0.25) is 9.97 Å². The Morgan fingerprint density at radius 3 is 1.91 bits per heavy atom. The van der Waals surface area contributed by atoms with Crippen molar-refractivity contribution >= 4 is 32.7 Å². The monoisotopic (exact) mass is 873 g/mol. The van der Waals surface area contributed by atoms with Crippen molar-refractivity contribution in [1.82, 2.24) is 19.5 Å². The van der Waals surface area contributed by atoms with Gasteiger partial charge >= 0.3 is 21.1 Å². The Kier molecular flexibility index (Phi) is 9.14. The fourth-order valence-corrected chi connectivity index (χ4v) is 7.21. The van der Waals surface area contributed by atoms with Crippen LogP contribution in [0.5, 0.6) is 0 Å². The minimum atomic E-state index is -0.118. The van der Waals surface area contributed by atoms with E-state index < -0.39 is 0 Å². The molecule has 0 N–H and O–H groups in total. The van der Waals surface area contributed by atoms with Gasteiger partial charge in [-0.05, 0) is 73.9 Å². The summed E-state index contributed by atoms with van der Waals surface area (Å²) in [7, 11) is 0. The van der Waals surface area contributed by atoms with Gasteiger partial charge in [0.25, 0.3) is 0 Å². The molecule has 0 unspecified atom stereocenters. The van der Waals surface area contributed by atoms with Gasteiger partial charge in [-0.15, -0.1) is 35.2 Å². The molecule has 53 heavy (non-hydrogen) atoms. The maximum atomic E-state index is 5.51. The van der Waals surface area contributed by atoms with E-state index in [0.717, 1.165) is 72.6 Å². The zero-order valence-corrected chi connectivity index (χ0v) is 34.3. The van der Waals surface area contributed by atoms with E-state index in [0.29, 0.717) is 0 Å². The number of pyridine rings is 1. The van der Waals surface area contributed by atoms with Crippen LogP contribution in [0.4, 0.5) is 0 Å². The largest absolute Gasteiger partial charge is 2.00 e. The van der Waals surface area contributed by atoms with Crippen molar-refractivity contribution in [3.63, 3.8) is 0 Å².